The van der Waals surface area contributed by atoms with Gasteiger partial charge in [0.1, 0.15) is 12.3 Å². The first-order valence-corrected chi connectivity index (χ1v) is 13.4. The summed E-state index contributed by atoms with van der Waals surface area (Å²) < 4.78 is 36.8. The zero-order valence-corrected chi connectivity index (χ0v) is 21.5. The minimum absolute atomic E-state index is 0.399. The summed E-state index contributed by atoms with van der Waals surface area (Å²) in [6.45, 7) is -1.20. The summed E-state index contributed by atoms with van der Waals surface area (Å²) in [4.78, 5) is 25.3. The molecule has 0 spiro atoms. The van der Waals surface area contributed by atoms with Crippen molar-refractivity contribution in [3.8, 4) is 5.75 Å². The fraction of sp³-hybridized carbons (Fsp3) is 0.179. The van der Waals surface area contributed by atoms with Crippen LogP contribution in [0.25, 0.3) is 6.08 Å². The van der Waals surface area contributed by atoms with Gasteiger partial charge in [0.2, 0.25) is 10.0 Å². The van der Waals surface area contributed by atoms with E-state index in [-0.39, 0.29) is 0 Å². The summed E-state index contributed by atoms with van der Waals surface area (Å²) in [5, 5.41) is 6.80. The molecule has 1 unspecified atom stereocenters. The first kappa shape index (κ1) is 26.8. The van der Waals surface area contributed by atoms with Crippen LogP contribution in [-0.2, 0) is 24.3 Å². The van der Waals surface area contributed by atoms with Gasteiger partial charge in [-0.1, -0.05) is 72.8 Å². The molecule has 1 N–H and O–H groups in total. The van der Waals surface area contributed by atoms with Crippen LogP contribution < -0.4 is 9.46 Å². The van der Waals surface area contributed by atoms with E-state index in [1.54, 1.807) is 43.5 Å². The first-order valence-electron chi connectivity index (χ1n) is 11.8. The van der Waals surface area contributed by atoms with E-state index in [0.717, 1.165) is 22.2 Å². The molecule has 10 heteroatoms. The van der Waals surface area contributed by atoms with Crippen LogP contribution in [0.15, 0.2) is 95.4 Å². The number of hydrazone groups is 1. The van der Waals surface area contributed by atoms with Crippen LogP contribution in [0.1, 0.15) is 29.2 Å². The number of ether oxygens (including phenoxy) is 2. The molecule has 1 aliphatic rings. The summed E-state index contributed by atoms with van der Waals surface area (Å²) in [6, 6.07) is 25.3. The highest BCUT2D eigenvalue weighted by molar-refractivity contribution is 7.92. The van der Waals surface area contributed by atoms with Gasteiger partial charge in [0.05, 0.1) is 18.9 Å². The molecule has 0 saturated carbocycles. The van der Waals surface area contributed by atoms with Gasteiger partial charge in [-0.05, 0) is 34.9 Å². The van der Waals surface area contributed by atoms with E-state index in [4.69, 9.17) is 9.47 Å². The van der Waals surface area contributed by atoms with E-state index in [1.807, 2.05) is 48.5 Å². The van der Waals surface area contributed by atoms with Crippen molar-refractivity contribution in [3.63, 3.8) is 0 Å². The Balaban J connectivity index is 1.38. The highest BCUT2D eigenvalue weighted by Gasteiger charge is 2.33. The predicted molar refractivity (Wildman–Crippen MR) is 144 cm³/mol. The maximum Gasteiger partial charge on any atom is 0.321 e. The third kappa shape index (κ3) is 7.15. The molecule has 0 aromatic heterocycles. The van der Waals surface area contributed by atoms with E-state index < -0.39 is 41.1 Å². The second-order valence-corrected chi connectivity index (χ2v) is 10.0. The Morgan fingerprint density at radius 2 is 1.66 bits per heavy atom. The molecule has 4 rings (SSSR count). The number of carbonyl (C=O) groups is 2. The second-order valence-electron chi connectivity index (χ2n) is 8.38. The van der Waals surface area contributed by atoms with Gasteiger partial charge in [0.25, 0.3) is 5.91 Å². The van der Waals surface area contributed by atoms with Gasteiger partial charge in [0.15, 0.2) is 6.61 Å². The summed E-state index contributed by atoms with van der Waals surface area (Å²) >= 11 is 0. The third-order valence-corrected chi connectivity index (χ3v) is 6.83. The van der Waals surface area contributed by atoms with E-state index >= 15 is 0 Å². The number of methoxy groups -OCH3 is 1. The molecule has 0 aliphatic carbocycles. The van der Waals surface area contributed by atoms with Crippen molar-refractivity contribution in [1.29, 1.82) is 0 Å². The molecule has 3 aromatic carbocycles. The van der Waals surface area contributed by atoms with Crippen LogP contribution in [0.5, 0.6) is 5.75 Å². The molecule has 1 heterocycles. The minimum Gasteiger partial charge on any atom is -0.497 e. The summed E-state index contributed by atoms with van der Waals surface area (Å²) in [5.41, 5.74) is 3.15. The molecular formula is C28H27N3O6S. The van der Waals surface area contributed by atoms with Crippen molar-refractivity contribution in [2.75, 3.05) is 20.3 Å². The van der Waals surface area contributed by atoms with Crippen LogP contribution in [0.2, 0.25) is 0 Å². The normalized spacial score (nSPS) is 15.3. The Bertz CT molecular complexity index is 1420. The van der Waals surface area contributed by atoms with E-state index in [2.05, 4.69) is 9.82 Å². The number of sulfonamides is 1. The Morgan fingerprint density at radius 1 is 1.00 bits per heavy atom. The minimum atomic E-state index is -3.88. The zero-order valence-electron chi connectivity index (χ0n) is 20.7. The maximum absolute atomic E-state index is 13.1. The molecule has 0 saturated heterocycles. The highest BCUT2D eigenvalue weighted by atomic mass is 32.2. The van der Waals surface area contributed by atoms with Crippen LogP contribution in [0, 0.1) is 0 Å². The number of carbonyl (C=O) groups excluding carboxylic acids is 2. The molecule has 38 heavy (non-hydrogen) atoms. The lowest BCUT2D eigenvalue weighted by atomic mass is 9.98. The van der Waals surface area contributed by atoms with Gasteiger partial charge in [-0.2, -0.15) is 5.10 Å². The molecule has 196 valence electrons. The summed E-state index contributed by atoms with van der Waals surface area (Å²) in [6.07, 6.45) is 1.88. The maximum atomic E-state index is 13.1. The predicted octanol–water partition coefficient (Wildman–Crippen LogP) is 3.51. The lowest BCUT2D eigenvalue weighted by Gasteiger charge is -2.22. The molecule has 1 amide bonds. The summed E-state index contributed by atoms with van der Waals surface area (Å²) in [7, 11) is -2.30. The fourth-order valence-corrected chi connectivity index (χ4v) is 4.58. The van der Waals surface area contributed by atoms with Crippen molar-refractivity contribution < 1.29 is 27.5 Å². The number of hydrogen-bond donors (Lipinski definition) is 1. The Morgan fingerprint density at radius 3 is 2.32 bits per heavy atom. The van der Waals surface area contributed by atoms with Crippen molar-refractivity contribution in [2.24, 2.45) is 5.10 Å². The lowest BCUT2D eigenvalue weighted by molar-refractivity contribution is -0.151. The van der Waals surface area contributed by atoms with Gasteiger partial charge in [-0.15, -0.1) is 0 Å². The van der Waals surface area contributed by atoms with Gasteiger partial charge in [0, 0.05) is 11.8 Å². The number of benzene rings is 3. The fourth-order valence-electron chi connectivity index (χ4n) is 3.83. The summed E-state index contributed by atoms with van der Waals surface area (Å²) in [5.74, 6) is -0.733. The number of nitrogens with zero attached hydrogens (tertiary/aromatic N) is 2. The quantitative estimate of drug-likeness (QED) is 0.399. The van der Waals surface area contributed by atoms with E-state index in [9.17, 15) is 18.0 Å². The first-order chi connectivity index (χ1) is 18.3. The van der Waals surface area contributed by atoms with Crippen LogP contribution in [0.3, 0.4) is 0 Å². The number of amides is 1. The van der Waals surface area contributed by atoms with Gasteiger partial charge in [-0.25, -0.2) is 18.1 Å². The van der Waals surface area contributed by atoms with Crippen LogP contribution >= 0.6 is 0 Å². The Labute approximate surface area is 221 Å². The highest BCUT2D eigenvalue weighted by Crippen LogP contribution is 2.33. The smallest absolute Gasteiger partial charge is 0.321 e. The Kier molecular flexibility index (Phi) is 8.67. The third-order valence-electron chi connectivity index (χ3n) is 5.79. The molecule has 1 atom stereocenters. The van der Waals surface area contributed by atoms with Gasteiger partial charge >= 0.3 is 5.97 Å². The standard InChI is InChI=1S/C28H27N3O6S/c1-36-24-14-12-23(13-15-24)26-18-25(22-10-6-3-7-11-22)30-31(26)27(32)20-37-28(33)19-29-38(34,35)17-16-21-8-4-2-5-9-21/h2-17,26,29H,18-20H2,1H3/b17-16+. The average Bonchev–Trinajstić information content (AvgIpc) is 3.41. The Hall–Kier alpha value is -4.28. The number of rotatable bonds is 10. The molecule has 9 nitrogen and oxygen atoms in total. The van der Waals surface area contributed by atoms with E-state index in [0.29, 0.717) is 17.7 Å². The average molecular weight is 534 g/mol. The van der Waals surface area contributed by atoms with Crippen molar-refractivity contribution >= 4 is 33.7 Å². The second kappa shape index (κ2) is 12.3. The number of nitrogens with one attached hydrogen (secondary N) is 1. The van der Waals surface area contributed by atoms with Gasteiger partial charge < -0.3 is 9.47 Å². The molecule has 1 aliphatic heterocycles. The number of esters is 1. The molecule has 0 radical (unpaired) electrons. The topological polar surface area (TPSA) is 114 Å². The zero-order chi connectivity index (χ0) is 27.0. The van der Waals surface area contributed by atoms with Crippen molar-refractivity contribution in [3.05, 3.63) is 107 Å². The molecule has 0 fully saturated rings. The lowest BCUT2D eigenvalue weighted by Crippen LogP contribution is -2.34. The van der Waals surface area contributed by atoms with Crippen LogP contribution in [-0.4, -0.2) is 51.3 Å². The van der Waals surface area contributed by atoms with Crippen molar-refractivity contribution in [2.45, 2.75) is 12.5 Å². The largest absolute Gasteiger partial charge is 0.497 e. The molecular weight excluding hydrogens is 506 g/mol. The van der Waals surface area contributed by atoms with Gasteiger partial charge in [-0.3, -0.25) is 9.59 Å². The monoisotopic (exact) mass is 533 g/mol. The molecule has 3 aromatic rings. The SMILES string of the molecule is COc1ccc(C2CC(c3ccccc3)=NN2C(=O)COC(=O)CNS(=O)(=O)/C=C/c2ccccc2)cc1. The van der Waals surface area contributed by atoms with E-state index in [1.165, 1.54) is 11.1 Å². The molecule has 0 bridgehead atoms. The number of hydrogen-bond acceptors (Lipinski definition) is 7. The van der Waals surface area contributed by atoms with Crippen LogP contribution in [0.4, 0.5) is 0 Å². The van der Waals surface area contributed by atoms with Crippen molar-refractivity contribution in [1.82, 2.24) is 9.73 Å².